The van der Waals surface area contributed by atoms with Crippen molar-refractivity contribution in [3.63, 3.8) is 0 Å². The normalized spacial score (nSPS) is 21.6. The van der Waals surface area contributed by atoms with Gasteiger partial charge in [0.2, 0.25) is 5.91 Å². The fraction of sp³-hybridized carbons (Fsp3) is 0.464. The molecule has 3 aliphatic rings. The van der Waals surface area contributed by atoms with E-state index in [9.17, 15) is 4.79 Å². The van der Waals surface area contributed by atoms with E-state index < -0.39 is 0 Å². The molecule has 1 fully saturated rings. The van der Waals surface area contributed by atoms with Crippen LogP contribution in [-0.4, -0.2) is 28.5 Å². The molecule has 1 unspecified atom stereocenters. The molecule has 0 saturated carbocycles. The van der Waals surface area contributed by atoms with E-state index in [1.165, 1.54) is 28.2 Å². The van der Waals surface area contributed by atoms with Crippen molar-refractivity contribution in [2.45, 2.75) is 64.3 Å². The third kappa shape index (κ3) is 3.41. The van der Waals surface area contributed by atoms with Gasteiger partial charge in [0, 0.05) is 25.0 Å². The Morgan fingerprint density at radius 3 is 2.69 bits per heavy atom. The first kappa shape index (κ1) is 21.1. The molecule has 32 heavy (non-hydrogen) atoms. The molecule has 0 radical (unpaired) electrons. The van der Waals surface area contributed by atoms with E-state index in [4.69, 9.17) is 0 Å². The summed E-state index contributed by atoms with van der Waals surface area (Å²) in [5, 5.41) is 3.95. The molecule has 4 nitrogen and oxygen atoms in total. The van der Waals surface area contributed by atoms with Crippen molar-refractivity contribution < 1.29 is 4.79 Å². The van der Waals surface area contributed by atoms with Crippen LogP contribution in [0.1, 0.15) is 64.6 Å². The van der Waals surface area contributed by atoms with Gasteiger partial charge in [-0.2, -0.15) is 0 Å². The van der Waals surface area contributed by atoms with Crippen LogP contribution in [0.15, 0.2) is 60.3 Å². The van der Waals surface area contributed by atoms with Crippen molar-refractivity contribution in [3.05, 3.63) is 71.6 Å². The molecule has 1 saturated heterocycles. The zero-order chi connectivity index (χ0) is 22.5. The fourth-order valence-electron chi connectivity index (χ4n) is 5.41. The molecule has 0 bridgehead atoms. The van der Waals surface area contributed by atoms with Crippen LogP contribution < -0.4 is 5.32 Å². The number of benzene rings is 1. The summed E-state index contributed by atoms with van der Waals surface area (Å²) in [6.07, 6.45) is 12.3. The number of aromatic nitrogens is 1. The molecular weight excluding hydrogens is 394 g/mol. The van der Waals surface area contributed by atoms with Gasteiger partial charge in [0.25, 0.3) is 0 Å². The van der Waals surface area contributed by atoms with Crippen LogP contribution in [0.3, 0.4) is 0 Å². The molecule has 1 aliphatic carbocycles. The third-order valence-corrected chi connectivity index (χ3v) is 8.07. The van der Waals surface area contributed by atoms with E-state index >= 15 is 0 Å². The molecule has 2 aliphatic heterocycles. The van der Waals surface area contributed by atoms with Gasteiger partial charge < -0.3 is 14.8 Å². The monoisotopic (exact) mass is 429 g/mol. The zero-order valence-electron chi connectivity index (χ0n) is 19.8. The predicted molar refractivity (Wildman–Crippen MR) is 131 cm³/mol. The Balaban J connectivity index is 1.40. The topological polar surface area (TPSA) is 37.3 Å². The van der Waals surface area contributed by atoms with Crippen LogP contribution in [0.25, 0.3) is 5.69 Å². The summed E-state index contributed by atoms with van der Waals surface area (Å²) in [7, 11) is 0. The summed E-state index contributed by atoms with van der Waals surface area (Å²) in [5.74, 6) is 0.272. The number of fused-ring (bicyclic) bond motifs is 4. The number of rotatable bonds is 3. The number of hydrogen-bond acceptors (Lipinski definition) is 2. The lowest BCUT2D eigenvalue weighted by Gasteiger charge is -2.47. The lowest BCUT2D eigenvalue weighted by Crippen LogP contribution is -2.52. The van der Waals surface area contributed by atoms with Crippen LogP contribution >= 0.6 is 0 Å². The number of carbonyl (C=O) groups excluding carboxylic acids is 1. The van der Waals surface area contributed by atoms with Crippen LogP contribution in [0, 0.1) is 5.92 Å². The Kier molecular flexibility index (Phi) is 5.07. The molecule has 1 aromatic heterocycles. The van der Waals surface area contributed by atoms with Gasteiger partial charge >= 0.3 is 0 Å². The third-order valence-electron chi connectivity index (χ3n) is 8.07. The summed E-state index contributed by atoms with van der Waals surface area (Å²) >= 11 is 0. The Labute approximate surface area is 192 Å². The quantitative estimate of drug-likeness (QED) is 0.656. The standard InChI is InChI=1S/C28H35N3O/c1-5-27(3,4)22-12-13-24-23(19-22)29-28(25-7-6-16-31(24)25)14-17-30(18-15-28)26(32)21-10-8-20(2)9-11-21/h6-10,12-13,16,19,21,29H,5,11,14-15,17-18H2,1-4H3. The first-order valence-electron chi connectivity index (χ1n) is 12.1. The second-order valence-corrected chi connectivity index (χ2v) is 10.4. The van der Waals surface area contributed by atoms with Crippen LogP contribution in [0.4, 0.5) is 5.69 Å². The number of nitrogens with one attached hydrogen (secondary N) is 1. The first-order chi connectivity index (χ1) is 15.3. The van der Waals surface area contributed by atoms with Crippen molar-refractivity contribution in [1.29, 1.82) is 0 Å². The summed E-state index contributed by atoms with van der Waals surface area (Å²) in [4.78, 5) is 15.2. The van der Waals surface area contributed by atoms with Crippen molar-refractivity contribution in [2.75, 3.05) is 18.4 Å². The lowest BCUT2D eigenvalue weighted by molar-refractivity contribution is -0.135. The van der Waals surface area contributed by atoms with E-state index in [1.54, 1.807) is 0 Å². The highest BCUT2D eigenvalue weighted by Crippen LogP contribution is 2.45. The molecule has 1 N–H and O–H groups in total. The van der Waals surface area contributed by atoms with Crippen LogP contribution in [0.5, 0.6) is 0 Å². The van der Waals surface area contributed by atoms with Crippen molar-refractivity contribution >= 4 is 11.6 Å². The van der Waals surface area contributed by atoms with Crippen LogP contribution in [-0.2, 0) is 15.7 Å². The molecule has 2 aromatic rings. The van der Waals surface area contributed by atoms with E-state index in [1.807, 2.05) is 0 Å². The van der Waals surface area contributed by atoms with E-state index in [0.717, 1.165) is 38.8 Å². The molecule has 1 amide bonds. The Morgan fingerprint density at radius 1 is 1.22 bits per heavy atom. The summed E-state index contributed by atoms with van der Waals surface area (Å²) in [6.45, 7) is 10.6. The number of anilines is 1. The van der Waals surface area contributed by atoms with Gasteiger partial charge in [0.15, 0.2) is 0 Å². The minimum atomic E-state index is -0.124. The molecule has 1 atom stereocenters. The number of amides is 1. The Morgan fingerprint density at radius 2 is 2.00 bits per heavy atom. The summed E-state index contributed by atoms with van der Waals surface area (Å²) in [6, 6.07) is 11.3. The molecular formula is C28H35N3O. The minimum absolute atomic E-state index is 0.00418. The van der Waals surface area contributed by atoms with Gasteiger partial charge in [-0.15, -0.1) is 0 Å². The molecule has 4 heteroatoms. The van der Waals surface area contributed by atoms with Crippen LogP contribution in [0.2, 0.25) is 0 Å². The zero-order valence-corrected chi connectivity index (χ0v) is 19.8. The van der Waals surface area contributed by atoms with Crippen molar-refractivity contribution in [2.24, 2.45) is 5.92 Å². The molecule has 1 aromatic carbocycles. The molecule has 5 rings (SSSR count). The maximum absolute atomic E-state index is 13.1. The number of nitrogens with zero attached hydrogens (tertiary/aromatic N) is 2. The van der Waals surface area contributed by atoms with E-state index in [0.29, 0.717) is 0 Å². The highest BCUT2D eigenvalue weighted by molar-refractivity contribution is 5.81. The second-order valence-electron chi connectivity index (χ2n) is 10.4. The fourth-order valence-corrected chi connectivity index (χ4v) is 5.41. The van der Waals surface area contributed by atoms with Gasteiger partial charge in [0.05, 0.1) is 22.8 Å². The maximum Gasteiger partial charge on any atom is 0.229 e. The highest BCUT2D eigenvalue weighted by atomic mass is 16.2. The van der Waals surface area contributed by atoms with E-state index in [-0.39, 0.29) is 22.8 Å². The largest absolute Gasteiger partial charge is 0.372 e. The molecule has 3 heterocycles. The van der Waals surface area contributed by atoms with Gasteiger partial charge in [-0.25, -0.2) is 0 Å². The minimum Gasteiger partial charge on any atom is -0.372 e. The summed E-state index contributed by atoms with van der Waals surface area (Å²) < 4.78 is 2.35. The van der Waals surface area contributed by atoms with Gasteiger partial charge in [-0.3, -0.25) is 4.79 Å². The van der Waals surface area contributed by atoms with Crippen molar-refractivity contribution in [1.82, 2.24) is 9.47 Å². The summed E-state index contributed by atoms with van der Waals surface area (Å²) in [5.41, 5.74) is 6.40. The van der Waals surface area contributed by atoms with Gasteiger partial charge in [-0.05, 0) is 67.9 Å². The number of allylic oxidation sites excluding steroid dienone is 3. The highest BCUT2D eigenvalue weighted by Gasteiger charge is 2.43. The smallest absolute Gasteiger partial charge is 0.229 e. The van der Waals surface area contributed by atoms with Gasteiger partial charge in [-0.1, -0.05) is 50.6 Å². The number of likely N-dealkylation sites (tertiary alicyclic amines) is 1. The predicted octanol–water partition coefficient (Wildman–Crippen LogP) is 5.93. The Hall–Kier alpha value is -2.75. The van der Waals surface area contributed by atoms with E-state index in [2.05, 4.69) is 97.2 Å². The maximum atomic E-state index is 13.1. The lowest BCUT2D eigenvalue weighted by atomic mass is 9.79. The van der Waals surface area contributed by atoms with Gasteiger partial charge in [0.1, 0.15) is 0 Å². The average Bonchev–Trinajstić information content (AvgIpc) is 3.31. The number of piperidine rings is 1. The van der Waals surface area contributed by atoms with Crippen molar-refractivity contribution in [3.8, 4) is 5.69 Å². The number of carbonyl (C=O) groups is 1. The SMILES string of the molecule is CCC(C)(C)c1ccc2c(c1)NC1(CCN(C(=O)C3C=CC(C)=CC3)CC1)c1cccn1-2. The Bertz CT molecular complexity index is 1100. The number of hydrogen-bond donors (Lipinski definition) is 1. The first-order valence-corrected chi connectivity index (χ1v) is 12.1. The molecule has 168 valence electrons. The molecule has 1 spiro atoms. The average molecular weight is 430 g/mol. The second kappa shape index (κ2) is 7.68.